The van der Waals surface area contributed by atoms with Gasteiger partial charge in [-0.25, -0.2) is 4.98 Å². The van der Waals surface area contributed by atoms with Gasteiger partial charge in [0.2, 0.25) is 0 Å². The van der Waals surface area contributed by atoms with Crippen molar-refractivity contribution in [3.8, 4) is 10.6 Å². The van der Waals surface area contributed by atoms with E-state index in [0.29, 0.717) is 29.2 Å². The number of carboxylic acid groups (broad SMARTS) is 1. The van der Waals surface area contributed by atoms with Gasteiger partial charge in [0, 0.05) is 17.5 Å². The van der Waals surface area contributed by atoms with Gasteiger partial charge < -0.3 is 5.11 Å². The molecule has 2 aromatic rings. The van der Waals surface area contributed by atoms with Gasteiger partial charge in [0.1, 0.15) is 11.0 Å². The first-order valence-corrected chi connectivity index (χ1v) is 8.63. The summed E-state index contributed by atoms with van der Waals surface area (Å²) in [5.41, 5.74) is 0.559. The first-order valence-electron chi connectivity index (χ1n) is 7.75. The minimum absolute atomic E-state index is 0.242. The van der Waals surface area contributed by atoms with Crippen LogP contribution in [0.3, 0.4) is 0 Å². The van der Waals surface area contributed by atoms with Crippen molar-refractivity contribution in [1.29, 1.82) is 0 Å². The molecule has 8 heteroatoms. The van der Waals surface area contributed by atoms with E-state index >= 15 is 0 Å². The fourth-order valence-electron chi connectivity index (χ4n) is 2.29. The Hall–Kier alpha value is -1.93. The molecule has 1 aromatic carbocycles. The zero-order chi connectivity index (χ0) is 18.6. The molecule has 2 N–H and O–H groups in total. The Labute approximate surface area is 147 Å². The predicted molar refractivity (Wildman–Crippen MR) is 90.3 cm³/mol. The number of benzene rings is 1. The summed E-state index contributed by atoms with van der Waals surface area (Å²) in [6, 6.07) is 4.17. The van der Waals surface area contributed by atoms with Crippen LogP contribution in [0.2, 0.25) is 0 Å². The fourth-order valence-corrected chi connectivity index (χ4v) is 3.12. The number of hydrogen-bond donors (Lipinski definition) is 2. The largest absolute Gasteiger partial charge is 0.480 e. The maximum atomic E-state index is 12.6. The number of aliphatic carboxylic acids is 1. The van der Waals surface area contributed by atoms with Crippen molar-refractivity contribution in [2.75, 3.05) is 0 Å². The van der Waals surface area contributed by atoms with Crippen molar-refractivity contribution in [3.63, 3.8) is 0 Å². The number of nitrogens with one attached hydrogen (secondary N) is 1. The van der Waals surface area contributed by atoms with Gasteiger partial charge in [-0.2, -0.15) is 13.2 Å². The average Bonchev–Trinajstić information content (AvgIpc) is 2.99. The summed E-state index contributed by atoms with van der Waals surface area (Å²) in [5.74, 6) is -0.668. The molecule has 1 atom stereocenters. The number of aromatic nitrogens is 1. The van der Waals surface area contributed by atoms with Crippen molar-refractivity contribution in [2.24, 2.45) is 5.92 Å². The van der Waals surface area contributed by atoms with E-state index in [1.807, 2.05) is 13.8 Å². The second-order valence-corrected chi connectivity index (χ2v) is 6.98. The van der Waals surface area contributed by atoms with E-state index in [2.05, 4.69) is 10.3 Å². The highest BCUT2D eigenvalue weighted by molar-refractivity contribution is 7.13. The number of carboxylic acids is 1. The lowest BCUT2D eigenvalue weighted by Gasteiger charge is -2.15. The first kappa shape index (κ1) is 19.4. The summed E-state index contributed by atoms with van der Waals surface area (Å²) < 4.78 is 37.8. The zero-order valence-electron chi connectivity index (χ0n) is 13.8. The number of halogens is 3. The van der Waals surface area contributed by atoms with E-state index < -0.39 is 23.8 Å². The number of nitrogens with zero attached hydrogens (tertiary/aromatic N) is 1. The number of rotatable bonds is 7. The molecule has 0 aliphatic heterocycles. The Morgan fingerprint density at radius 1 is 1.28 bits per heavy atom. The van der Waals surface area contributed by atoms with Gasteiger partial charge in [0.05, 0.1) is 11.3 Å². The van der Waals surface area contributed by atoms with Crippen LogP contribution in [0, 0.1) is 5.92 Å². The zero-order valence-corrected chi connectivity index (χ0v) is 14.6. The smallest absolute Gasteiger partial charge is 0.416 e. The van der Waals surface area contributed by atoms with Crippen molar-refractivity contribution < 1.29 is 23.1 Å². The summed E-state index contributed by atoms with van der Waals surface area (Å²) in [5, 5.41) is 14.5. The van der Waals surface area contributed by atoms with E-state index in [-0.39, 0.29) is 5.92 Å². The molecule has 0 aliphatic rings. The lowest BCUT2D eigenvalue weighted by Crippen LogP contribution is -2.37. The summed E-state index contributed by atoms with van der Waals surface area (Å²) in [7, 11) is 0. The van der Waals surface area contributed by atoms with Crippen molar-refractivity contribution in [3.05, 3.63) is 40.9 Å². The maximum absolute atomic E-state index is 12.6. The molecule has 25 heavy (non-hydrogen) atoms. The summed E-state index contributed by atoms with van der Waals surface area (Å²) in [6.07, 6.45) is -3.86. The van der Waals surface area contributed by atoms with Crippen molar-refractivity contribution >= 4 is 17.3 Å². The molecule has 0 radical (unpaired) electrons. The molecule has 0 aliphatic carbocycles. The molecule has 0 bridgehead atoms. The van der Waals surface area contributed by atoms with Crippen LogP contribution in [0.25, 0.3) is 10.6 Å². The third kappa shape index (κ3) is 5.54. The lowest BCUT2D eigenvalue weighted by atomic mass is 10.0. The third-order valence-electron chi connectivity index (χ3n) is 3.55. The molecular formula is C17H19F3N2O2S. The molecule has 4 nitrogen and oxygen atoms in total. The normalized spacial score (nSPS) is 13.2. The molecule has 0 saturated heterocycles. The molecular weight excluding hydrogens is 353 g/mol. The van der Waals surface area contributed by atoms with Crippen LogP contribution < -0.4 is 5.32 Å². The Morgan fingerprint density at radius 2 is 1.92 bits per heavy atom. The monoisotopic (exact) mass is 372 g/mol. The maximum Gasteiger partial charge on any atom is 0.416 e. The Balaban J connectivity index is 2.03. The number of carbonyl (C=O) groups is 1. The Bertz CT molecular complexity index is 711. The highest BCUT2D eigenvalue weighted by Crippen LogP contribution is 2.31. The summed E-state index contributed by atoms with van der Waals surface area (Å²) >= 11 is 1.31. The molecule has 136 valence electrons. The first-order chi connectivity index (χ1) is 11.7. The highest BCUT2D eigenvalue weighted by Gasteiger charge is 2.30. The second-order valence-electron chi connectivity index (χ2n) is 6.12. The van der Waals surface area contributed by atoms with Crippen LogP contribution >= 0.6 is 11.3 Å². The van der Waals surface area contributed by atoms with Crippen molar-refractivity contribution in [2.45, 2.75) is 39.0 Å². The predicted octanol–water partition coefficient (Wildman–Crippen LogP) is 4.42. The van der Waals surface area contributed by atoms with Crippen LogP contribution in [-0.4, -0.2) is 22.1 Å². The molecule has 0 spiro atoms. The molecule has 0 amide bonds. The average molecular weight is 372 g/mol. The number of thiazole rings is 1. The number of hydrogen-bond acceptors (Lipinski definition) is 4. The molecule has 1 aromatic heterocycles. The van der Waals surface area contributed by atoms with E-state index in [9.17, 15) is 23.1 Å². The molecule has 0 fully saturated rings. The van der Waals surface area contributed by atoms with Gasteiger partial charge >= 0.3 is 12.1 Å². The number of alkyl halides is 3. The van der Waals surface area contributed by atoms with Gasteiger partial charge in [0.15, 0.2) is 0 Å². The van der Waals surface area contributed by atoms with Gasteiger partial charge in [-0.05, 0) is 24.5 Å². The van der Waals surface area contributed by atoms with Crippen LogP contribution in [-0.2, 0) is 17.5 Å². The highest BCUT2D eigenvalue weighted by atomic mass is 32.1. The van der Waals surface area contributed by atoms with Gasteiger partial charge in [0.25, 0.3) is 0 Å². The minimum Gasteiger partial charge on any atom is -0.480 e. The standard InChI is InChI=1S/C17H19F3N2O2S/c1-10(2)7-14(16(23)24)21-8-13-9-25-15(22-13)11-3-5-12(6-4-11)17(18,19)20/h3-6,9-10,14,21H,7-8H2,1-2H3,(H,23,24)/t14-/m0/s1. The molecule has 2 rings (SSSR count). The minimum atomic E-state index is -4.36. The van der Waals surface area contributed by atoms with E-state index in [4.69, 9.17) is 0 Å². The Morgan fingerprint density at radius 3 is 2.44 bits per heavy atom. The van der Waals surface area contributed by atoms with Crippen LogP contribution in [0.1, 0.15) is 31.5 Å². The topological polar surface area (TPSA) is 62.2 Å². The summed E-state index contributed by atoms with van der Waals surface area (Å²) in [6.45, 7) is 4.19. The summed E-state index contributed by atoms with van der Waals surface area (Å²) in [4.78, 5) is 15.6. The van der Waals surface area contributed by atoms with E-state index in [1.54, 1.807) is 5.38 Å². The van der Waals surface area contributed by atoms with Crippen LogP contribution in [0.15, 0.2) is 29.6 Å². The van der Waals surface area contributed by atoms with Crippen molar-refractivity contribution in [1.82, 2.24) is 10.3 Å². The van der Waals surface area contributed by atoms with Gasteiger partial charge in [-0.15, -0.1) is 11.3 Å². The van der Waals surface area contributed by atoms with Gasteiger partial charge in [-0.3, -0.25) is 10.1 Å². The Kier molecular flexibility index (Phi) is 6.18. The van der Waals surface area contributed by atoms with Gasteiger partial charge in [-0.1, -0.05) is 26.0 Å². The van der Waals surface area contributed by atoms with E-state index in [1.165, 1.54) is 23.5 Å². The van der Waals surface area contributed by atoms with E-state index in [0.717, 1.165) is 12.1 Å². The lowest BCUT2D eigenvalue weighted by molar-refractivity contribution is -0.140. The second kappa shape index (κ2) is 7.97. The molecule has 0 saturated carbocycles. The molecule has 1 heterocycles. The third-order valence-corrected chi connectivity index (χ3v) is 4.49. The quantitative estimate of drug-likeness (QED) is 0.755. The molecule has 0 unspecified atom stereocenters. The van der Waals surface area contributed by atoms with Crippen LogP contribution in [0.4, 0.5) is 13.2 Å². The fraction of sp³-hybridized carbons (Fsp3) is 0.412. The van der Waals surface area contributed by atoms with Crippen LogP contribution in [0.5, 0.6) is 0 Å². The SMILES string of the molecule is CC(C)C[C@H](NCc1csc(-c2ccc(C(F)(F)F)cc2)n1)C(=O)O.